The van der Waals surface area contributed by atoms with Crippen molar-refractivity contribution < 1.29 is 19.1 Å². The number of ether oxygens (including phenoxy) is 1. The second-order valence-corrected chi connectivity index (χ2v) is 10.1. The van der Waals surface area contributed by atoms with Crippen LogP contribution < -0.4 is 26.4 Å². The fourth-order valence-electron chi connectivity index (χ4n) is 3.60. The fourth-order valence-corrected chi connectivity index (χ4v) is 4.34. The summed E-state index contributed by atoms with van der Waals surface area (Å²) in [7, 11) is 0. The van der Waals surface area contributed by atoms with Crippen LogP contribution in [0.15, 0.2) is 48.5 Å². The van der Waals surface area contributed by atoms with Crippen molar-refractivity contribution in [1.29, 1.82) is 0 Å². The van der Waals surface area contributed by atoms with Crippen LogP contribution in [0.5, 0.6) is 5.75 Å². The van der Waals surface area contributed by atoms with Crippen molar-refractivity contribution in [2.45, 2.75) is 46.2 Å². The molecule has 0 bridgehead atoms. The Balaban J connectivity index is 2.21. The van der Waals surface area contributed by atoms with Crippen LogP contribution in [-0.2, 0) is 4.79 Å². The Morgan fingerprint density at radius 2 is 1.69 bits per heavy atom. The van der Waals surface area contributed by atoms with E-state index in [-0.39, 0.29) is 22.2 Å². The first-order valence-corrected chi connectivity index (χ1v) is 12.2. The molecule has 36 heavy (non-hydrogen) atoms. The van der Waals surface area contributed by atoms with Gasteiger partial charge >= 0.3 is 0 Å². The topological polar surface area (TPSA) is 141 Å². The van der Waals surface area contributed by atoms with E-state index in [1.807, 2.05) is 58.9 Å². The van der Waals surface area contributed by atoms with Gasteiger partial charge in [-0.15, -0.1) is 0 Å². The number of carbonyl (C=O) groups is 3. The molecule has 0 spiro atoms. The van der Waals surface area contributed by atoms with E-state index in [0.29, 0.717) is 23.6 Å². The molecule has 0 aliphatic rings. The lowest BCUT2D eigenvalue weighted by molar-refractivity contribution is -0.123. The highest BCUT2D eigenvalue weighted by atomic mass is 32.1. The summed E-state index contributed by atoms with van der Waals surface area (Å²) in [6.07, 6.45) is 0. The molecule has 9 nitrogen and oxygen atoms in total. The van der Waals surface area contributed by atoms with Gasteiger partial charge in [-0.25, -0.2) is 0 Å². The van der Waals surface area contributed by atoms with Crippen LogP contribution in [0.4, 0.5) is 11.4 Å². The number of anilines is 2. The second-order valence-electron chi connectivity index (χ2n) is 9.29. The first kappa shape index (κ1) is 26.7. The number of primary amides is 1. The third-order valence-electron chi connectivity index (χ3n) is 5.20. The molecule has 0 unspecified atom stereocenters. The lowest BCUT2D eigenvalue weighted by atomic mass is 9.99. The largest absolute Gasteiger partial charge is 0.494 e. The molecular formula is C26H31N5O4S. The molecule has 3 rings (SSSR count). The highest BCUT2D eigenvalue weighted by Crippen LogP contribution is 2.34. The number of amides is 3. The molecule has 3 amide bonds. The maximum Gasteiger partial charge on any atom is 0.273 e. The third kappa shape index (κ3) is 6.01. The molecule has 0 saturated heterocycles. The Hall–Kier alpha value is -3.92. The Morgan fingerprint density at radius 3 is 2.19 bits per heavy atom. The summed E-state index contributed by atoms with van der Waals surface area (Å²) < 4.78 is 9.52. The molecule has 0 radical (unpaired) electrons. The second kappa shape index (κ2) is 10.8. The number of nitrogen functional groups attached to an aromatic ring is 1. The number of hydrogen-bond acceptors (Lipinski definition) is 7. The van der Waals surface area contributed by atoms with E-state index in [4.69, 9.17) is 16.2 Å². The standard InChI is InChI=1S/C26H31N5O4S/c1-6-35-18-13-11-17(12-14-18)31(25(34)22-19(27)20(23(28)32)30-36-22)21(24(33)29-26(3,4)5)16-9-7-15(2)8-10-16/h7-14,21H,6,27H2,1-5H3,(H2,28,32)(H,29,33)/t21-/m0/s1. The van der Waals surface area contributed by atoms with E-state index in [0.717, 1.165) is 17.1 Å². The number of aromatic nitrogens is 1. The Labute approximate surface area is 214 Å². The molecule has 0 aliphatic heterocycles. The highest BCUT2D eigenvalue weighted by molar-refractivity contribution is 7.09. The SMILES string of the molecule is CCOc1ccc(N(C(=O)c2snc(C(N)=O)c2N)[C@H](C(=O)NC(C)(C)C)c2ccc(C)cc2)cc1. The van der Waals surface area contributed by atoms with Gasteiger partial charge in [0, 0.05) is 11.2 Å². The summed E-state index contributed by atoms with van der Waals surface area (Å²) >= 11 is 0.763. The monoisotopic (exact) mass is 509 g/mol. The lowest BCUT2D eigenvalue weighted by Crippen LogP contribution is -2.49. The van der Waals surface area contributed by atoms with Crippen molar-refractivity contribution >= 4 is 40.6 Å². The molecule has 3 aromatic rings. The molecular weight excluding hydrogens is 478 g/mol. The van der Waals surface area contributed by atoms with E-state index in [2.05, 4.69) is 9.69 Å². The zero-order valence-electron chi connectivity index (χ0n) is 21.0. The van der Waals surface area contributed by atoms with Gasteiger partial charge in [0.25, 0.3) is 11.8 Å². The van der Waals surface area contributed by atoms with Gasteiger partial charge in [-0.05, 0) is 76.0 Å². The molecule has 190 valence electrons. The Bertz CT molecular complexity index is 1250. The predicted molar refractivity (Wildman–Crippen MR) is 141 cm³/mol. The summed E-state index contributed by atoms with van der Waals surface area (Å²) in [5.41, 5.74) is 12.7. The third-order valence-corrected chi connectivity index (χ3v) is 6.05. The molecule has 0 saturated carbocycles. The quantitative estimate of drug-likeness (QED) is 0.421. The molecule has 10 heteroatoms. The van der Waals surface area contributed by atoms with Crippen molar-refractivity contribution in [2.75, 3.05) is 17.2 Å². The van der Waals surface area contributed by atoms with E-state index < -0.39 is 23.4 Å². The predicted octanol–water partition coefficient (Wildman–Crippen LogP) is 3.83. The van der Waals surface area contributed by atoms with Crippen molar-refractivity contribution in [2.24, 2.45) is 5.73 Å². The zero-order valence-corrected chi connectivity index (χ0v) is 21.8. The van der Waals surface area contributed by atoms with Crippen LogP contribution in [0, 0.1) is 6.92 Å². The van der Waals surface area contributed by atoms with E-state index in [1.165, 1.54) is 4.90 Å². The number of nitrogens with two attached hydrogens (primary N) is 2. The van der Waals surface area contributed by atoms with Crippen LogP contribution >= 0.6 is 11.5 Å². The van der Waals surface area contributed by atoms with Gasteiger partial charge in [0.05, 0.1) is 12.3 Å². The Kier molecular flexibility index (Phi) is 7.99. The minimum absolute atomic E-state index is 0.0124. The van der Waals surface area contributed by atoms with E-state index in [1.54, 1.807) is 24.3 Å². The smallest absolute Gasteiger partial charge is 0.273 e. The normalized spacial score (nSPS) is 12.0. The number of hydrogen-bond donors (Lipinski definition) is 3. The van der Waals surface area contributed by atoms with Crippen molar-refractivity contribution in [1.82, 2.24) is 9.69 Å². The maximum absolute atomic E-state index is 14.0. The number of nitrogens with one attached hydrogen (secondary N) is 1. The van der Waals surface area contributed by atoms with Crippen molar-refractivity contribution in [3.63, 3.8) is 0 Å². The summed E-state index contributed by atoms with van der Waals surface area (Å²) in [4.78, 5) is 40.8. The summed E-state index contributed by atoms with van der Waals surface area (Å²) in [6.45, 7) is 9.88. The van der Waals surface area contributed by atoms with E-state index >= 15 is 0 Å². The van der Waals surface area contributed by atoms with Crippen LogP contribution in [0.2, 0.25) is 0 Å². The lowest BCUT2D eigenvalue weighted by Gasteiger charge is -2.33. The van der Waals surface area contributed by atoms with Gasteiger partial charge in [0.15, 0.2) is 5.69 Å². The van der Waals surface area contributed by atoms with Crippen LogP contribution in [0.25, 0.3) is 0 Å². The maximum atomic E-state index is 14.0. The first-order valence-electron chi connectivity index (χ1n) is 11.4. The Morgan fingerprint density at radius 1 is 1.08 bits per heavy atom. The van der Waals surface area contributed by atoms with Gasteiger partial charge in [-0.2, -0.15) is 4.37 Å². The molecule has 2 aromatic carbocycles. The summed E-state index contributed by atoms with van der Waals surface area (Å²) in [6, 6.07) is 13.1. The van der Waals surface area contributed by atoms with Gasteiger partial charge < -0.3 is 21.5 Å². The first-order chi connectivity index (χ1) is 16.9. The van der Waals surface area contributed by atoms with Crippen molar-refractivity contribution in [3.05, 3.63) is 70.2 Å². The molecule has 0 fully saturated rings. The molecule has 0 aliphatic carbocycles. The number of benzene rings is 2. The van der Waals surface area contributed by atoms with Gasteiger partial charge in [-0.1, -0.05) is 29.8 Å². The van der Waals surface area contributed by atoms with Crippen LogP contribution in [0.1, 0.15) is 65.0 Å². The zero-order chi connectivity index (χ0) is 26.6. The number of nitrogens with zero attached hydrogens (tertiary/aromatic N) is 2. The summed E-state index contributed by atoms with van der Waals surface area (Å²) in [5.74, 6) is -1.19. The number of rotatable bonds is 8. The average molecular weight is 510 g/mol. The summed E-state index contributed by atoms with van der Waals surface area (Å²) in [5, 5.41) is 2.98. The minimum Gasteiger partial charge on any atom is -0.494 e. The number of aryl methyl sites for hydroxylation is 1. The molecule has 5 N–H and O–H groups in total. The molecule has 1 aromatic heterocycles. The van der Waals surface area contributed by atoms with E-state index in [9.17, 15) is 14.4 Å². The van der Waals surface area contributed by atoms with Gasteiger partial charge in [0.2, 0.25) is 5.91 Å². The van der Waals surface area contributed by atoms with Gasteiger partial charge in [0.1, 0.15) is 16.7 Å². The van der Waals surface area contributed by atoms with Crippen LogP contribution in [0.3, 0.4) is 0 Å². The van der Waals surface area contributed by atoms with Crippen molar-refractivity contribution in [3.8, 4) is 5.75 Å². The molecule has 1 atom stereocenters. The average Bonchev–Trinajstić information content (AvgIpc) is 3.19. The van der Waals surface area contributed by atoms with Crippen LogP contribution in [-0.4, -0.2) is 34.2 Å². The highest BCUT2D eigenvalue weighted by Gasteiger charge is 2.37. The fraction of sp³-hybridized carbons (Fsp3) is 0.308. The van der Waals surface area contributed by atoms with Gasteiger partial charge in [-0.3, -0.25) is 19.3 Å². The number of carbonyl (C=O) groups excluding carboxylic acids is 3. The minimum atomic E-state index is -1.05. The molecule has 1 heterocycles.